The average Bonchev–Trinajstić information content (AvgIpc) is 2.40. The smallest absolute Gasteiger partial charge is 0.236 e. The Hall–Kier alpha value is -0.660. The molecule has 7 heteroatoms. The maximum Gasteiger partial charge on any atom is 0.236 e. The van der Waals surface area contributed by atoms with Crippen molar-refractivity contribution in [2.45, 2.75) is 32.2 Å². The van der Waals surface area contributed by atoms with Crippen molar-refractivity contribution < 1.29 is 13.2 Å². The summed E-state index contributed by atoms with van der Waals surface area (Å²) in [5.41, 5.74) is 0. The topological polar surface area (TPSA) is 60.9 Å². The number of amides is 1. The molecule has 0 radical (unpaired) electrons. The fraction of sp³-hybridized carbons (Fsp3) is 0.923. The van der Waals surface area contributed by atoms with Gasteiger partial charge in [-0.25, -0.2) is 8.42 Å². The van der Waals surface area contributed by atoms with Crippen LogP contribution in [0.4, 0.5) is 0 Å². The van der Waals surface area contributed by atoms with Crippen LogP contribution in [0.3, 0.4) is 0 Å². The zero-order valence-electron chi connectivity index (χ0n) is 12.4. The molecule has 2 rings (SSSR count). The minimum Gasteiger partial charge on any atom is -0.339 e. The van der Waals surface area contributed by atoms with E-state index in [9.17, 15) is 13.2 Å². The summed E-state index contributed by atoms with van der Waals surface area (Å²) in [5, 5.41) is 0. The summed E-state index contributed by atoms with van der Waals surface area (Å²) < 4.78 is 24.3. The second kappa shape index (κ2) is 6.41. The van der Waals surface area contributed by atoms with Gasteiger partial charge in [0.15, 0.2) is 0 Å². The van der Waals surface area contributed by atoms with Gasteiger partial charge in [0, 0.05) is 32.2 Å². The molecule has 0 aromatic heterocycles. The SMILES string of the molecule is C[C@@H]1CCCCN1CC(=O)N1CCN(S(C)(=O)=O)CC1. The summed E-state index contributed by atoms with van der Waals surface area (Å²) in [6.07, 6.45) is 4.80. The molecule has 6 nitrogen and oxygen atoms in total. The van der Waals surface area contributed by atoms with Gasteiger partial charge in [-0.15, -0.1) is 0 Å². The maximum absolute atomic E-state index is 12.3. The third kappa shape index (κ3) is 3.93. The van der Waals surface area contributed by atoms with Gasteiger partial charge in [-0.1, -0.05) is 6.42 Å². The molecule has 2 aliphatic rings. The third-order valence-corrected chi connectivity index (χ3v) is 5.64. The molecule has 116 valence electrons. The zero-order valence-corrected chi connectivity index (χ0v) is 13.2. The van der Waals surface area contributed by atoms with Gasteiger partial charge >= 0.3 is 0 Å². The molecule has 0 aromatic carbocycles. The van der Waals surface area contributed by atoms with Crippen molar-refractivity contribution in [3.8, 4) is 0 Å². The summed E-state index contributed by atoms with van der Waals surface area (Å²) in [4.78, 5) is 16.3. The zero-order chi connectivity index (χ0) is 14.8. The van der Waals surface area contributed by atoms with Gasteiger partial charge in [0.2, 0.25) is 15.9 Å². The maximum atomic E-state index is 12.3. The van der Waals surface area contributed by atoms with E-state index in [1.807, 2.05) is 0 Å². The fourth-order valence-electron chi connectivity index (χ4n) is 2.94. The first-order valence-electron chi connectivity index (χ1n) is 7.35. The van der Waals surface area contributed by atoms with Crippen molar-refractivity contribution in [1.82, 2.24) is 14.1 Å². The first-order chi connectivity index (χ1) is 9.38. The van der Waals surface area contributed by atoms with Crippen LogP contribution in [0.2, 0.25) is 0 Å². The number of hydrogen-bond donors (Lipinski definition) is 0. The molecule has 0 N–H and O–H groups in total. The normalized spacial score (nSPS) is 26.7. The third-order valence-electron chi connectivity index (χ3n) is 4.34. The molecule has 0 bridgehead atoms. The molecule has 0 aromatic rings. The number of rotatable bonds is 3. The van der Waals surface area contributed by atoms with Crippen molar-refractivity contribution in [2.75, 3.05) is 45.5 Å². The number of piperazine rings is 1. The Bertz CT molecular complexity index is 444. The highest BCUT2D eigenvalue weighted by atomic mass is 32.2. The molecule has 2 fully saturated rings. The highest BCUT2D eigenvalue weighted by molar-refractivity contribution is 7.88. The van der Waals surface area contributed by atoms with Crippen LogP contribution in [0, 0.1) is 0 Å². The molecule has 0 spiro atoms. The van der Waals surface area contributed by atoms with E-state index in [4.69, 9.17) is 0 Å². The molecule has 1 atom stereocenters. The van der Waals surface area contributed by atoms with E-state index < -0.39 is 10.0 Å². The number of sulfonamides is 1. The molecular formula is C13H25N3O3S. The van der Waals surface area contributed by atoms with E-state index >= 15 is 0 Å². The van der Waals surface area contributed by atoms with Crippen LogP contribution >= 0.6 is 0 Å². The summed E-state index contributed by atoms with van der Waals surface area (Å²) in [6, 6.07) is 0.477. The van der Waals surface area contributed by atoms with Crippen molar-refractivity contribution in [3.05, 3.63) is 0 Å². The quantitative estimate of drug-likeness (QED) is 0.734. The van der Waals surface area contributed by atoms with Gasteiger partial charge in [0.05, 0.1) is 12.8 Å². The van der Waals surface area contributed by atoms with Crippen LogP contribution in [0.15, 0.2) is 0 Å². The van der Waals surface area contributed by atoms with Gasteiger partial charge in [-0.2, -0.15) is 4.31 Å². The highest BCUT2D eigenvalue weighted by Gasteiger charge is 2.28. The second-order valence-electron chi connectivity index (χ2n) is 5.86. The Balaban J connectivity index is 1.83. The van der Waals surface area contributed by atoms with Crippen molar-refractivity contribution >= 4 is 15.9 Å². The van der Waals surface area contributed by atoms with Gasteiger partial charge in [0.1, 0.15) is 0 Å². The Labute approximate surface area is 121 Å². The van der Waals surface area contributed by atoms with Crippen LogP contribution in [0.1, 0.15) is 26.2 Å². The Morgan fingerprint density at radius 2 is 1.75 bits per heavy atom. The largest absolute Gasteiger partial charge is 0.339 e. The summed E-state index contributed by atoms with van der Waals surface area (Å²) in [5.74, 6) is 0.131. The molecule has 2 saturated heterocycles. The summed E-state index contributed by atoms with van der Waals surface area (Å²) >= 11 is 0. The second-order valence-corrected chi connectivity index (χ2v) is 7.84. The number of carbonyl (C=O) groups excluding carboxylic acids is 1. The van der Waals surface area contributed by atoms with Crippen LogP contribution in [-0.4, -0.2) is 80.0 Å². The van der Waals surface area contributed by atoms with Gasteiger partial charge in [-0.05, 0) is 26.3 Å². The lowest BCUT2D eigenvalue weighted by Crippen LogP contribution is -2.53. The first-order valence-corrected chi connectivity index (χ1v) is 9.19. The predicted molar refractivity (Wildman–Crippen MR) is 77.9 cm³/mol. The molecule has 2 aliphatic heterocycles. The van der Waals surface area contributed by atoms with E-state index in [0.717, 1.165) is 13.0 Å². The monoisotopic (exact) mass is 303 g/mol. The molecule has 2 heterocycles. The Morgan fingerprint density at radius 1 is 1.10 bits per heavy atom. The van der Waals surface area contributed by atoms with Crippen molar-refractivity contribution in [3.63, 3.8) is 0 Å². The van der Waals surface area contributed by atoms with E-state index in [1.165, 1.54) is 23.4 Å². The number of likely N-dealkylation sites (tertiary alicyclic amines) is 1. The number of hydrogen-bond acceptors (Lipinski definition) is 4. The molecule has 1 amide bonds. The molecular weight excluding hydrogens is 278 g/mol. The highest BCUT2D eigenvalue weighted by Crippen LogP contribution is 2.16. The average molecular weight is 303 g/mol. The summed E-state index contributed by atoms with van der Waals surface area (Å²) in [6.45, 7) is 5.49. The summed E-state index contributed by atoms with van der Waals surface area (Å²) in [7, 11) is -3.13. The lowest BCUT2D eigenvalue weighted by atomic mass is 10.0. The fourth-order valence-corrected chi connectivity index (χ4v) is 3.76. The lowest BCUT2D eigenvalue weighted by Gasteiger charge is -2.37. The number of nitrogens with zero attached hydrogens (tertiary/aromatic N) is 3. The van der Waals surface area contributed by atoms with E-state index in [2.05, 4.69) is 11.8 Å². The predicted octanol–water partition coefficient (Wildman–Crippen LogP) is -0.0354. The number of piperidine rings is 1. The molecule has 0 unspecified atom stereocenters. The van der Waals surface area contributed by atoms with Crippen molar-refractivity contribution in [2.24, 2.45) is 0 Å². The van der Waals surface area contributed by atoms with Crippen LogP contribution in [0.25, 0.3) is 0 Å². The molecule has 20 heavy (non-hydrogen) atoms. The minimum atomic E-state index is -3.13. The van der Waals surface area contributed by atoms with Crippen molar-refractivity contribution in [1.29, 1.82) is 0 Å². The van der Waals surface area contributed by atoms with Gasteiger partial charge in [-0.3, -0.25) is 9.69 Å². The standard InChI is InChI=1S/C13H25N3O3S/c1-12-5-3-4-6-15(12)11-13(17)14-7-9-16(10-8-14)20(2,18)19/h12H,3-11H2,1-2H3/t12-/m1/s1. The van der Waals surface area contributed by atoms with Gasteiger partial charge in [0.25, 0.3) is 0 Å². The lowest BCUT2D eigenvalue weighted by molar-refractivity contribution is -0.134. The number of carbonyl (C=O) groups is 1. The minimum absolute atomic E-state index is 0.131. The Morgan fingerprint density at radius 3 is 2.30 bits per heavy atom. The van der Waals surface area contributed by atoms with E-state index in [-0.39, 0.29) is 5.91 Å². The Kier molecular flexibility index (Phi) is 5.04. The van der Waals surface area contributed by atoms with Crippen LogP contribution < -0.4 is 0 Å². The van der Waals surface area contributed by atoms with Crippen LogP contribution in [0.5, 0.6) is 0 Å². The van der Waals surface area contributed by atoms with E-state index in [0.29, 0.717) is 38.8 Å². The molecule has 0 aliphatic carbocycles. The van der Waals surface area contributed by atoms with Gasteiger partial charge < -0.3 is 4.90 Å². The molecule has 0 saturated carbocycles. The first kappa shape index (κ1) is 15.7. The van der Waals surface area contributed by atoms with E-state index in [1.54, 1.807) is 4.90 Å². The van der Waals surface area contributed by atoms with Crippen LogP contribution in [-0.2, 0) is 14.8 Å².